The van der Waals surface area contributed by atoms with Crippen molar-refractivity contribution in [2.75, 3.05) is 13.1 Å². The Balaban J connectivity index is 2.53. The van der Waals surface area contributed by atoms with E-state index >= 15 is 0 Å². The van der Waals surface area contributed by atoms with Gasteiger partial charge in [-0.25, -0.2) is 4.39 Å². The zero-order valence-corrected chi connectivity index (χ0v) is 11.9. The number of hydrogen-bond donors (Lipinski definition) is 2. The molecule has 1 aliphatic heterocycles. The molecule has 3 N–H and O–H groups in total. The number of halogens is 7. The molecule has 1 aliphatic rings. The van der Waals surface area contributed by atoms with Crippen LogP contribution in [0.15, 0.2) is 12.1 Å². The first-order valence-electron chi connectivity index (χ1n) is 6.96. The van der Waals surface area contributed by atoms with E-state index in [-0.39, 0.29) is 12.1 Å². The second-order valence-corrected chi connectivity index (χ2v) is 5.53. The Kier molecular flexibility index (Phi) is 4.91. The number of hydrogen-bond acceptors (Lipinski definition) is 2. The second kappa shape index (κ2) is 6.27. The Hall–Kier alpha value is -1.35. The average Bonchev–Trinajstić information content (AvgIpc) is 2.44. The number of benzene rings is 1. The Bertz CT molecular complexity index is 559. The molecule has 1 fully saturated rings. The summed E-state index contributed by atoms with van der Waals surface area (Å²) >= 11 is 0. The summed E-state index contributed by atoms with van der Waals surface area (Å²) in [4.78, 5) is 0. The summed E-state index contributed by atoms with van der Waals surface area (Å²) in [7, 11) is 0. The Labute approximate surface area is 127 Å². The molecule has 0 unspecified atom stereocenters. The Morgan fingerprint density at radius 2 is 1.57 bits per heavy atom. The first-order chi connectivity index (χ1) is 10.5. The van der Waals surface area contributed by atoms with Gasteiger partial charge in [-0.2, -0.15) is 26.3 Å². The van der Waals surface area contributed by atoms with Crippen molar-refractivity contribution in [2.24, 2.45) is 11.7 Å². The second-order valence-electron chi connectivity index (χ2n) is 5.53. The Morgan fingerprint density at radius 3 is 2.04 bits per heavy atom. The van der Waals surface area contributed by atoms with Crippen LogP contribution in [0.5, 0.6) is 0 Å². The van der Waals surface area contributed by atoms with Gasteiger partial charge in [0.25, 0.3) is 0 Å². The maximum atomic E-state index is 14.1. The van der Waals surface area contributed by atoms with Crippen LogP contribution in [0.2, 0.25) is 0 Å². The van der Waals surface area contributed by atoms with Crippen molar-refractivity contribution in [3.05, 3.63) is 34.6 Å². The van der Waals surface area contributed by atoms with Crippen molar-refractivity contribution in [2.45, 2.75) is 31.2 Å². The summed E-state index contributed by atoms with van der Waals surface area (Å²) in [5.41, 5.74) is 1.55. The lowest BCUT2D eigenvalue weighted by atomic mass is 9.83. The third kappa shape index (κ3) is 3.95. The van der Waals surface area contributed by atoms with E-state index in [1.165, 1.54) is 0 Å². The number of nitrogens with one attached hydrogen (secondary N) is 1. The number of alkyl halides is 6. The summed E-state index contributed by atoms with van der Waals surface area (Å²) in [6.07, 6.45) is -9.34. The first-order valence-corrected chi connectivity index (χ1v) is 6.96. The van der Waals surface area contributed by atoms with Gasteiger partial charge in [-0.05, 0) is 44.0 Å². The van der Waals surface area contributed by atoms with Crippen LogP contribution in [-0.2, 0) is 12.4 Å². The van der Waals surface area contributed by atoms with Gasteiger partial charge in [0.05, 0.1) is 11.1 Å². The minimum atomic E-state index is -5.12. The molecule has 2 rings (SSSR count). The molecule has 23 heavy (non-hydrogen) atoms. The largest absolute Gasteiger partial charge is 0.416 e. The van der Waals surface area contributed by atoms with E-state index in [0.29, 0.717) is 25.9 Å². The summed E-state index contributed by atoms with van der Waals surface area (Å²) in [5.74, 6) is -2.00. The van der Waals surface area contributed by atoms with E-state index in [9.17, 15) is 30.7 Å². The van der Waals surface area contributed by atoms with Gasteiger partial charge in [0.15, 0.2) is 0 Å². The summed E-state index contributed by atoms with van der Waals surface area (Å²) in [5, 5.41) is 2.99. The van der Waals surface area contributed by atoms with Crippen LogP contribution < -0.4 is 11.1 Å². The lowest BCUT2D eigenvalue weighted by Crippen LogP contribution is -2.35. The van der Waals surface area contributed by atoms with Gasteiger partial charge < -0.3 is 11.1 Å². The molecule has 0 spiro atoms. The summed E-state index contributed by atoms with van der Waals surface area (Å²) in [6, 6.07) is -1.30. The molecular weight excluding hydrogens is 329 g/mol. The van der Waals surface area contributed by atoms with Crippen LogP contribution in [0.3, 0.4) is 0 Å². The van der Waals surface area contributed by atoms with Gasteiger partial charge in [-0.15, -0.1) is 0 Å². The third-order valence-electron chi connectivity index (χ3n) is 3.99. The minimum absolute atomic E-state index is 0.0701. The normalized spacial score (nSPS) is 19.0. The molecule has 1 aromatic rings. The fourth-order valence-electron chi connectivity index (χ4n) is 2.79. The lowest BCUT2D eigenvalue weighted by Gasteiger charge is -2.30. The number of rotatable bonds is 2. The highest BCUT2D eigenvalue weighted by atomic mass is 19.4. The van der Waals surface area contributed by atoms with Crippen LogP contribution in [0.25, 0.3) is 0 Å². The zero-order chi connectivity index (χ0) is 17.4. The molecule has 0 saturated carbocycles. The van der Waals surface area contributed by atoms with Crippen LogP contribution in [0.1, 0.15) is 35.6 Å². The quantitative estimate of drug-likeness (QED) is 0.800. The zero-order valence-electron chi connectivity index (χ0n) is 11.9. The van der Waals surface area contributed by atoms with Crippen molar-refractivity contribution in [3.8, 4) is 0 Å². The molecular formula is C14H15F7N2. The predicted molar refractivity (Wildman–Crippen MR) is 68.9 cm³/mol. The topological polar surface area (TPSA) is 38.0 Å². The van der Waals surface area contributed by atoms with Crippen LogP contribution >= 0.6 is 0 Å². The average molecular weight is 344 g/mol. The van der Waals surface area contributed by atoms with Crippen molar-refractivity contribution >= 4 is 0 Å². The minimum Gasteiger partial charge on any atom is -0.324 e. The maximum absolute atomic E-state index is 14.1. The fraction of sp³-hybridized carbons (Fsp3) is 0.571. The first kappa shape index (κ1) is 18.0. The Morgan fingerprint density at radius 1 is 1.00 bits per heavy atom. The van der Waals surface area contributed by atoms with E-state index in [1.54, 1.807) is 0 Å². The molecule has 1 saturated heterocycles. The van der Waals surface area contributed by atoms with E-state index in [0.717, 1.165) is 0 Å². The molecule has 130 valence electrons. The molecule has 0 radical (unpaired) electrons. The van der Waals surface area contributed by atoms with Gasteiger partial charge in [-0.1, -0.05) is 0 Å². The highest BCUT2D eigenvalue weighted by Crippen LogP contribution is 2.42. The fourth-order valence-corrected chi connectivity index (χ4v) is 2.79. The molecule has 2 nitrogen and oxygen atoms in total. The molecule has 1 atom stereocenters. The lowest BCUT2D eigenvalue weighted by molar-refractivity contribution is -0.144. The van der Waals surface area contributed by atoms with Gasteiger partial charge in [0.1, 0.15) is 5.82 Å². The maximum Gasteiger partial charge on any atom is 0.416 e. The standard InChI is InChI=1S/C14H15F7N2/c15-10-6-8(13(16,17)18)5-9(14(19,20)21)11(10)12(22)7-1-3-23-4-2-7/h5-7,12,23H,1-4,22H2/t12-/m1/s1. The van der Waals surface area contributed by atoms with E-state index in [2.05, 4.69) is 5.32 Å². The smallest absolute Gasteiger partial charge is 0.324 e. The van der Waals surface area contributed by atoms with Crippen LogP contribution in [0, 0.1) is 11.7 Å². The molecule has 0 amide bonds. The van der Waals surface area contributed by atoms with E-state index in [1.807, 2.05) is 0 Å². The molecule has 1 aromatic carbocycles. The van der Waals surface area contributed by atoms with Crippen LogP contribution in [-0.4, -0.2) is 13.1 Å². The van der Waals surface area contributed by atoms with Gasteiger partial charge in [-0.3, -0.25) is 0 Å². The molecule has 9 heteroatoms. The third-order valence-corrected chi connectivity index (χ3v) is 3.99. The van der Waals surface area contributed by atoms with Crippen molar-refractivity contribution < 1.29 is 30.7 Å². The molecule has 0 bridgehead atoms. The van der Waals surface area contributed by atoms with Crippen molar-refractivity contribution in [1.82, 2.24) is 5.32 Å². The van der Waals surface area contributed by atoms with Crippen molar-refractivity contribution in [3.63, 3.8) is 0 Å². The molecule has 0 aliphatic carbocycles. The summed E-state index contributed by atoms with van der Waals surface area (Å²) in [6.45, 7) is 1.03. The highest BCUT2D eigenvalue weighted by molar-refractivity contribution is 5.39. The van der Waals surface area contributed by atoms with Crippen LogP contribution in [0.4, 0.5) is 30.7 Å². The van der Waals surface area contributed by atoms with E-state index < -0.39 is 46.8 Å². The SMILES string of the molecule is N[C@@H](c1c(F)cc(C(F)(F)F)cc1C(F)(F)F)C1CCNCC1. The summed E-state index contributed by atoms with van der Waals surface area (Å²) < 4.78 is 91.4. The highest BCUT2D eigenvalue weighted by Gasteiger charge is 2.42. The van der Waals surface area contributed by atoms with Gasteiger partial charge in [0.2, 0.25) is 0 Å². The molecule has 1 heterocycles. The van der Waals surface area contributed by atoms with E-state index in [4.69, 9.17) is 5.73 Å². The van der Waals surface area contributed by atoms with Gasteiger partial charge in [0, 0.05) is 11.6 Å². The monoisotopic (exact) mass is 344 g/mol. The number of nitrogens with two attached hydrogens (primary N) is 1. The number of piperidine rings is 1. The predicted octanol–water partition coefficient (Wildman–Crippen LogP) is 3.86. The molecule has 0 aromatic heterocycles. The van der Waals surface area contributed by atoms with Crippen molar-refractivity contribution in [1.29, 1.82) is 0 Å². The van der Waals surface area contributed by atoms with Gasteiger partial charge >= 0.3 is 12.4 Å².